The second kappa shape index (κ2) is 4.69. The number of hydrogen-bond donors (Lipinski definition) is 1. The van der Waals surface area contributed by atoms with Gasteiger partial charge in [-0.25, -0.2) is 0 Å². The first-order valence-electron chi connectivity index (χ1n) is 5.11. The van der Waals surface area contributed by atoms with Crippen molar-refractivity contribution in [1.29, 1.82) is 0 Å². The van der Waals surface area contributed by atoms with Crippen molar-refractivity contribution >= 4 is 11.6 Å². The lowest BCUT2D eigenvalue weighted by molar-refractivity contribution is 0.176. The van der Waals surface area contributed by atoms with Gasteiger partial charge in [0.1, 0.15) is 5.76 Å². The molecule has 0 spiro atoms. The SMILES string of the molecule is NC(C1=CCCCO1)c1cccc(Cl)c1. The molecule has 0 amide bonds. The van der Waals surface area contributed by atoms with Crippen LogP contribution in [0.25, 0.3) is 0 Å². The van der Waals surface area contributed by atoms with Gasteiger partial charge in [-0.15, -0.1) is 0 Å². The Morgan fingerprint density at radius 3 is 2.93 bits per heavy atom. The Bertz CT molecular complexity index is 376. The van der Waals surface area contributed by atoms with Crippen molar-refractivity contribution in [3.63, 3.8) is 0 Å². The molecule has 1 aliphatic heterocycles. The van der Waals surface area contributed by atoms with E-state index in [1.807, 2.05) is 24.3 Å². The molecule has 0 bridgehead atoms. The number of rotatable bonds is 2. The first kappa shape index (κ1) is 10.5. The van der Waals surface area contributed by atoms with Crippen molar-refractivity contribution in [2.45, 2.75) is 18.9 Å². The Balaban J connectivity index is 2.19. The van der Waals surface area contributed by atoms with Crippen LogP contribution >= 0.6 is 11.6 Å². The monoisotopic (exact) mass is 223 g/mol. The average Bonchev–Trinajstić information content (AvgIpc) is 2.29. The second-order valence-corrected chi connectivity index (χ2v) is 4.07. The van der Waals surface area contributed by atoms with Crippen LogP contribution in [0.3, 0.4) is 0 Å². The van der Waals surface area contributed by atoms with Crippen LogP contribution < -0.4 is 5.73 Å². The van der Waals surface area contributed by atoms with Gasteiger partial charge < -0.3 is 10.5 Å². The number of allylic oxidation sites excluding steroid dienone is 1. The van der Waals surface area contributed by atoms with Gasteiger partial charge in [0, 0.05) is 5.02 Å². The van der Waals surface area contributed by atoms with E-state index >= 15 is 0 Å². The summed E-state index contributed by atoms with van der Waals surface area (Å²) in [5.41, 5.74) is 7.08. The molecule has 1 aliphatic rings. The number of hydrogen-bond acceptors (Lipinski definition) is 2. The fourth-order valence-electron chi connectivity index (χ4n) is 1.66. The second-order valence-electron chi connectivity index (χ2n) is 3.63. The van der Waals surface area contributed by atoms with Crippen LogP contribution in [0.1, 0.15) is 24.4 Å². The van der Waals surface area contributed by atoms with Gasteiger partial charge in [0.2, 0.25) is 0 Å². The van der Waals surface area contributed by atoms with Gasteiger partial charge in [0.25, 0.3) is 0 Å². The summed E-state index contributed by atoms with van der Waals surface area (Å²) >= 11 is 5.91. The third kappa shape index (κ3) is 2.52. The lowest BCUT2D eigenvalue weighted by Crippen LogP contribution is -2.17. The lowest BCUT2D eigenvalue weighted by Gasteiger charge is -2.20. The molecular formula is C12H14ClNO. The molecule has 1 aromatic rings. The third-order valence-electron chi connectivity index (χ3n) is 2.48. The molecule has 80 valence electrons. The summed E-state index contributed by atoms with van der Waals surface area (Å²) < 4.78 is 5.53. The van der Waals surface area contributed by atoms with Crippen LogP contribution in [0.2, 0.25) is 5.02 Å². The molecule has 15 heavy (non-hydrogen) atoms. The number of benzene rings is 1. The van der Waals surface area contributed by atoms with Gasteiger partial charge in [0.05, 0.1) is 12.6 Å². The molecule has 0 aromatic heterocycles. The van der Waals surface area contributed by atoms with Crippen LogP contribution in [0.15, 0.2) is 36.1 Å². The van der Waals surface area contributed by atoms with Gasteiger partial charge in [-0.05, 0) is 36.6 Å². The normalized spacial score (nSPS) is 17.9. The molecule has 0 saturated heterocycles. The highest BCUT2D eigenvalue weighted by molar-refractivity contribution is 6.30. The summed E-state index contributed by atoms with van der Waals surface area (Å²) in [4.78, 5) is 0. The van der Waals surface area contributed by atoms with Gasteiger partial charge >= 0.3 is 0 Å². The fraction of sp³-hybridized carbons (Fsp3) is 0.333. The molecule has 1 heterocycles. The highest BCUT2D eigenvalue weighted by Gasteiger charge is 2.15. The maximum absolute atomic E-state index is 6.09. The molecule has 3 heteroatoms. The van der Waals surface area contributed by atoms with Crippen LogP contribution in [-0.4, -0.2) is 6.61 Å². The predicted octanol–water partition coefficient (Wildman–Crippen LogP) is 3.03. The molecule has 0 aliphatic carbocycles. The number of ether oxygens (including phenoxy) is 1. The van der Waals surface area contributed by atoms with Crippen molar-refractivity contribution in [1.82, 2.24) is 0 Å². The lowest BCUT2D eigenvalue weighted by atomic mass is 10.0. The largest absolute Gasteiger partial charge is 0.496 e. The van der Waals surface area contributed by atoms with E-state index in [1.54, 1.807) is 0 Å². The van der Waals surface area contributed by atoms with E-state index in [2.05, 4.69) is 6.08 Å². The molecule has 0 saturated carbocycles. The first-order chi connectivity index (χ1) is 7.27. The number of nitrogens with two attached hydrogens (primary N) is 1. The van der Waals surface area contributed by atoms with E-state index in [1.165, 1.54) is 0 Å². The maximum atomic E-state index is 6.09. The first-order valence-corrected chi connectivity index (χ1v) is 5.49. The van der Waals surface area contributed by atoms with Crippen molar-refractivity contribution in [2.24, 2.45) is 5.73 Å². The molecule has 1 unspecified atom stereocenters. The van der Waals surface area contributed by atoms with Crippen LogP contribution in [0.5, 0.6) is 0 Å². The minimum absolute atomic E-state index is 0.191. The minimum Gasteiger partial charge on any atom is -0.496 e. The summed E-state index contributed by atoms with van der Waals surface area (Å²) in [6.45, 7) is 0.764. The Hall–Kier alpha value is -0.990. The quantitative estimate of drug-likeness (QED) is 0.837. The molecule has 1 atom stereocenters. The predicted molar refractivity (Wildman–Crippen MR) is 61.6 cm³/mol. The average molecular weight is 224 g/mol. The van der Waals surface area contributed by atoms with Crippen molar-refractivity contribution < 1.29 is 4.74 Å². The van der Waals surface area contributed by atoms with Crippen molar-refractivity contribution in [3.8, 4) is 0 Å². The minimum atomic E-state index is -0.191. The Morgan fingerprint density at radius 2 is 2.27 bits per heavy atom. The van der Waals surface area contributed by atoms with E-state index in [0.29, 0.717) is 5.02 Å². The molecule has 2 nitrogen and oxygen atoms in total. The Morgan fingerprint density at radius 1 is 1.40 bits per heavy atom. The van der Waals surface area contributed by atoms with Crippen molar-refractivity contribution in [2.75, 3.05) is 6.61 Å². The topological polar surface area (TPSA) is 35.2 Å². The highest BCUT2D eigenvalue weighted by atomic mass is 35.5. The molecule has 2 rings (SSSR count). The highest BCUT2D eigenvalue weighted by Crippen LogP contribution is 2.25. The Kier molecular flexibility index (Phi) is 3.29. The molecule has 2 N–H and O–H groups in total. The van der Waals surface area contributed by atoms with Gasteiger partial charge in [-0.3, -0.25) is 0 Å². The van der Waals surface area contributed by atoms with Crippen LogP contribution in [0.4, 0.5) is 0 Å². The van der Waals surface area contributed by atoms with Crippen LogP contribution in [-0.2, 0) is 4.74 Å². The molecule has 0 radical (unpaired) electrons. The summed E-state index contributed by atoms with van der Waals surface area (Å²) in [5, 5.41) is 0.708. The summed E-state index contributed by atoms with van der Waals surface area (Å²) in [7, 11) is 0. The van der Waals surface area contributed by atoms with E-state index < -0.39 is 0 Å². The van der Waals surface area contributed by atoms with E-state index in [0.717, 1.165) is 30.8 Å². The zero-order valence-electron chi connectivity index (χ0n) is 8.45. The summed E-state index contributed by atoms with van der Waals surface area (Å²) in [5.74, 6) is 0.864. The van der Waals surface area contributed by atoms with Gasteiger partial charge in [-0.2, -0.15) is 0 Å². The Labute approximate surface area is 94.7 Å². The molecule has 0 fully saturated rings. The van der Waals surface area contributed by atoms with E-state index in [9.17, 15) is 0 Å². The third-order valence-corrected chi connectivity index (χ3v) is 2.71. The maximum Gasteiger partial charge on any atom is 0.113 e. The zero-order chi connectivity index (χ0) is 10.7. The zero-order valence-corrected chi connectivity index (χ0v) is 9.20. The van der Waals surface area contributed by atoms with Gasteiger partial charge in [0.15, 0.2) is 0 Å². The molecular weight excluding hydrogens is 210 g/mol. The summed E-state index contributed by atoms with van der Waals surface area (Å²) in [6, 6.07) is 7.40. The van der Waals surface area contributed by atoms with E-state index in [4.69, 9.17) is 22.1 Å². The van der Waals surface area contributed by atoms with E-state index in [-0.39, 0.29) is 6.04 Å². The van der Waals surface area contributed by atoms with Crippen LogP contribution in [0, 0.1) is 0 Å². The smallest absolute Gasteiger partial charge is 0.113 e. The fourth-order valence-corrected chi connectivity index (χ4v) is 1.86. The van der Waals surface area contributed by atoms with Gasteiger partial charge in [-0.1, -0.05) is 23.7 Å². The molecule has 1 aromatic carbocycles. The van der Waals surface area contributed by atoms with Crippen molar-refractivity contribution in [3.05, 3.63) is 46.7 Å². The standard InChI is InChI=1S/C12H14ClNO/c13-10-5-3-4-9(8-10)12(14)11-6-1-2-7-15-11/h3-6,8,12H,1-2,7,14H2. The number of halogens is 1. The summed E-state index contributed by atoms with van der Waals surface area (Å²) in [6.07, 6.45) is 4.18.